The zero-order chi connectivity index (χ0) is 14.0. The van der Waals surface area contributed by atoms with E-state index in [0.717, 1.165) is 11.8 Å². The number of hydrogen-bond donors (Lipinski definition) is 1. The highest BCUT2D eigenvalue weighted by Gasteiger charge is 2.44. The van der Waals surface area contributed by atoms with Crippen LogP contribution < -0.4 is 5.32 Å². The van der Waals surface area contributed by atoms with Crippen molar-refractivity contribution in [2.45, 2.75) is 78.0 Å². The van der Waals surface area contributed by atoms with Crippen LogP contribution in [0.5, 0.6) is 0 Å². The molecular formula is C17H33NO. The molecular weight excluding hydrogens is 234 g/mol. The molecule has 112 valence electrons. The first kappa shape index (κ1) is 15.3. The normalized spacial score (nSPS) is 45.3. The van der Waals surface area contributed by atoms with Crippen molar-refractivity contribution in [2.24, 2.45) is 23.7 Å². The molecule has 5 atom stereocenters. The highest BCUT2D eigenvalue weighted by molar-refractivity contribution is 4.95. The highest BCUT2D eigenvalue weighted by atomic mass is 16.5. The van der Waals surface area contributed by atoms with Crippen molar-refractivity contribution in [3.05, 3.63) is 0 Å². The lowest BCUT2D eigenvalue weighted by Gasteiger charge is -2.39. The van der Waals surface area contributed by atoms with Gasteiger partial charge in [0.2, 0.25) is 0 Å². The Morgan fingerprint density at radius 2 is 1.68 bits per heavy atom. The number of nitrogens with one attached hydrogen (secondary N) is 1. The van der Waals surface area contributed by atoms with Crippen LogP contribution in [-0.4, -0.2) is 25.3 Å². The summed E-state index contributed by atoms with van der Waals surface area (Å²) in [5.41, 5.74) is 0. The molecule has 1 aliphatic heterocycles. The van der Waals surface area contributed by atoms with Crippen LogP contribution in [0.25, 0.3) is 0 Å². The molecule has 2 nitrogen and oxygen atoms in total. The van der Waals surface area contributed by atoms with Crippen molar-refractivity contribution >= 4 is 0 Å². The lowest BCUT2D eigenvalue weighted by atomic mass is 9.71. The van der Waals surface area contributed by atoms with Crippen LogP contribution in [0.3, 0.4) is 0 Å². The molecule has 2 rings (SSSR count). The van der Waals surface area contributed by atoms with E-state index >= 15 is 0 Å². The minimum atomic E-state index is 0.409. The largest absolute Gasteiger partial charge is 0.375 e. The molecule has 0 spiro atoms. The van der Waals surface area contributed by atoms with Gasteiger partial charge in [0.1, 0.15) is 0 Å². The number of hydrogen-bond acceptors (Lipinski definition) is 2. The Morgan fingerprint density at radius 3 is 2.11 bits per heavy atom. The van der Waals surface area contributed by atoms with Gasteiger partial charge in [0.15, 0.2) is 0 Å². The van der Waals surface area contributed by atoms with Gasteiger partial charge in [-0.3, -0.25) is 0 Å². The van der Waals surface area contributed by atoms with E-state index in [1.165, 1.54) is 32.1 Å². The fraction of sp³-hybridized carbons (Fsp3) is 1.00. The molecule has 0 bridgehead atoms. The van der Waals surface area contributed by atoms with Crippen LogP contribution >= 0.6 is 0 Å². The molecule has 1 heterocycles. The average Bonchev–Trinajstić information content (AvgIpc) is 2.67. The Balaban J connectivity index is 2.00. The van der Waals surface area contributed by atoms with Gasteiger partial charge in [0, 0.05) is 12.0 Å². The lowest BCUT2D eigenvalue weighted by molar-refractivity contribution is 0.0425. The van der Waals surface area contributed by atoms with Crippen LogP contribution in [0, 0.1) is 23.7 Å². The molecule has 0 amide bonds. The van der Waals surface area contributed by atoms with Gasteiger partial charge in [0.05, 0.1) is 12.2 Å². The molecule has 0 radical (unpaired) electrons. The van der Waals surface area contributed by atoms with Gasteiger partial charge in [-0.2, -0.15) is 0 Å². The van der Waals surface area contributed by atoms with E-state index in [9.17, 15) is 0 Å². The molecule has 0 aromatic rings. The minimum Gasteiger partial charge on any atom is -0.375 e. The molecule has 0 aromatic carbocycles. The van der Waals surface area contributed by atoms with Crippen LogP contribution in [0.15, 0.2) is 0 Å². The van der Waals surface area contributed by atoms with Gasteiger partial charge < -0.3 is 10.1 Å². The average molecular weight is 267 g/mol. The van der Waals surface area contributed by atoms with Gasteiger partial charge >= 0.3 is 0 Å². The minimum absolute atomic E-state index is 0.409. The Morgan fingerprint density at radius 1 is 1.05 bits per heavy atom. The van der Waals surface area contributed by atoms with Crippen LogP contribution in [0.2, 0.25) is 0 Å². The summed E-state index contributed by atoms with van der Waals surface area (Å²) in [6.45, 7) is 9.23. The summed E-state index contributed by atoms with van der Waals surface area (Å²) in [6, 6.07) is 0.646. The van der Waals surface area contributed by atoms with E-state index in [0.29, 0.717) is 30.1 Å². The van der Waals surface area contributed by atoms with Crippen molar-refractivity contribution in [1.29, 1.82) is 0 Å². The van der Waals surface area contributed by atoms with E-state index in [2.05, 4.69) is 40.1 Å². The van der Waals surface area contributed by atoms with Gasteiger partial charge in [-0.05, 0) is 51.5 Å². The predicted octanol–water partition coefficient (Wildman–Crippen LogP) is 3.85. The van der Waals surface area contributed by atoms with E-state index in [1.807, 2.05) is 0 Å². The Bertz CT molecular complexity index is 272. The van der Waals surface area contributed by atoms with Crippen LogP contribution in [-0.2, 0) is 4.74 Å². The smallest absolute Gasteiger partial charge is 0.0597 e. The third-order valence-corrected chi connectivity index (χ3v) is 6.04. The highest BCUT2D eigenvalue weighted by Crippen LogP contribution is 2.41. The fourth-order valence-electron chi connectivity index (χ4n) is 4.61. The van der Waals surface area contributed by atoms with E-state index in [1.54, 1.807) is 0 Å². The second-order valence-corrected chi connectivity index (χ2v) is 6.99. The number of ether oxygens (including phenoxy) is 1. The van der Waals surface area contributed by atoms with Gasteiger partial charge in [0.25, 0.3) is 0 Å². The summed E-state index contributed by atoms with van der Waals surface area (Å²) < 4.78 is 6.06. The summed E-state index contributed by atoms with van der Waals surface area (Å²) in [4.78, 5) is 0. The van der Waals surface area contributed by atoms with Crippen molar-refractivity contribution < 1.29 is 4.74 Å². The van der Waals surface area contributed by atoms with Crippen molar-refractivity contribution in [3.63, 3.8) is 0 Å². The predicted molar refractivity (Wildman–Crippen MR) is 81.2 cm³/mol. The zero-order valence-electron chi connectivity index (χ0n) is 13.5. The molecule has 0 aromatic heterocycles. The molecule has 2 aliphatic rings. The topological polar surface area (TPSA) is 21.3 Å². The summed E-state index contributed by atoms with van der Waals surface area (Å²) >= 11 is 0. The summed E-state index contributed by atoms with van der Waals surface area (Å²) in [5, 5.41) is 3.65. The fourth-order valence-corrected chi connectivity index (χ4v) is 4.61. The van der Waals surface area contributed by atoms with Gasteiger partial charge in [-0.15, -0.1) is 0 Å². The molecule has 1 saturated heterocycles. The van der Waals surface area contributed by atoms with Crippen molar-refractivity contribution in [1.82, 2.24) is 5.32 Å². The second-order valence-electron chi connectivity index (χ2n) is 6.99. The first-order valence-electron chi connectivity index (χ1n) is 8.41. The second kappa shape index (κ2) is 6.58. The Hall–Kier alpha value is -0.0800. The SMILES string of the molecule is CCC1CCC(C(NC)C2C(C)OC(C)C2C)CC1. The molecule has 2 heteroatoms. The van der Waals surface area contributed by atoms with Crippen molar-refractivity contribution in [2.75, 3.05) is 7.05 Å². The summed E-state index contributed by atoms with van der Waals surface area (Å²) in [5.74, 6) is 3.21. The van der Waals surface area contributed by atoms with Crippen LogP contribution in [0.1, 0.15) is 59.8 Å². The van der Waals surface area contributed by atoms with Crippen molar-refractivity contribution in [3.8, 4) is 0 Å². The van der Waals surface area contributed by atoms with Gasteiger partial charge in [-0.1, -0.05) is 33.1 Å². The molecule has 2 fully saturated rings. The maximum absolute atomic E-state index is 6.06. The van der Waals surface area contributed by atoms with E-state index in [4.69, 9.17) is 4.74 Å². The zero-order valence-corrected chi connectivity index (χ0v) is 13.5. The van der Waals surface area contributed by atoms with E-state index < -0.39 is 0 Å². The molecule has 1 N–H and O–H groups in total. The Labute approximate surface area is 119 Å². The Kier molecular flexibility index (Phi) is 5.30. The third kappa shape index (κ3) is 3.16. The van der Waals surface area contributed by atoms with Crippen LogP contribution in [0.4, 0.5) is 0 Å². The molecule has 1 aliphatic carbocycles. The standard InChI is InChI=1S/C17H33NO/c1-6-14-7-9-15(10-8-14)17(18-5)16-11(2)12(3)19-13(16)4/h11-18H,6-10H2,1-5H3. The maximum atomic E-state index is 6.06. The molecule has 5 unspecified atom stereocenters. The number of rotatable bonds is 4. The third-order valence-electron chi connectivity index (χ3n) is 6.04. The monoisotopic (exact) mass is 267 g/mol. The lowest BCUT2D eigenvalue weighted by Crippen LogP contribution is -2.46. The first-order valence-corrected chi connectivity index (χ1v) is 8.41. The molecule has 19 heavy (non-hydrogen) atoms. The summed E-state index contributed by atoms with van der Waals surface area (Å²) in [6.07, 6.45) is 7.89. The van der Waals surface area contributed by atoms with E-state index in [-0.39, 0.29) is 0 Å². The first-order chi connectivity index (χ1) is 9.08. The quantitative estimate of drug-likeness (QED) is 0.835. The molecule has 1 saturated carbocycles. The van der Waals surface area contributed by atoms with Gasteiger partial charge in [-0.25, -0.2) is 0 Å². The summed E-state index contributed by atoms with van der Waals surface area (Å²) in [7, 11) is 2.15. The maximum Gasteiger partial charge on any atom is 0.0597 e.